The summed E-state index contributed by atoms with van der Waals surface area (Å²) in [5, 5.41) is 3.38. The van der Waals surface area contributed by atoms with E-state index in [-0.39, 0.29) is 24.1 Å². The van der Waals surface area contributed by atoms with Crippen molar-refractivity contribution in [2.75, 3.05) is 12.4 Å². The van der Waals surface area contributed by atoms with Crippen LogP contribution in [-0.4, -0.2) is 12.9 Å². The summed E-state index contributed by atoms with van der Waals surface area (Å²) in [6.07, 6.45) is 0.244. The second-order valence-electron chi connectivity index (χ2n) is 6.11. The third-order valence-corrected chi connectivity index (χ3v) is 4.79. The molecule has 0 heterocycles. The molecule has 3 aromatic rings. The largest absolute Gasteiger partial charge is 0.497 e. The number of nitrogens with one attached hydrogen (secondary N) is 1. The molecule has 0 aliphatic carbocycles. The van der Waals surface area contributed by atoms with Gasteiger partial charge in [-0.1, -0.05) is 28.1 Å². The molecular weight excluding hydrogens is 409 g/mol. The quantitative estimate of drug-likeness (QED) is 0.468. The van der Waals surface area contributed by atoms with Crippen LogP contribution in [0.3, 0.4) is 0 Å². The Hall–Kier alpha value is -2.66. The van der Waals surface area contributed by atoms with Crippen molar-refractivity contribution in [1.82, 2.24) is 0 Å². The third kappa shape index (κ3) is 5.17. The minimum absolute atomic E-state index is 0.00316. The number of ketones is 1. The molecular formula is C22H19BrFNO2. The Morgan fingerprint density at radius 3 is 2.22 bits per heavy atom. The van der Waals surface area contributed by atoms with Crippen molar-refractivity contribution in [1.29, 1.82) is 0 Å². The van der Waals surface area contributed by atoms with Gasteiger partial charge in [-0.2, -0.15) is 0 Å². The molecule has 3 aromatic carbocycles. The fourth-order valence-electron chi connectivity index (χ4n) is 2.77. The van der Waals surface area contributed by atoms with Crippen molar-refractivity contribution in [2.45, 2.75) is 12.5 Å². The number of halogens is 2. The fourth-order valence-corrected chi connectivity index (χ4v) is 3.04. The van der Waals surface area contributed by atoms with Gasteiger partial charge in [0.2, 0.25) is 0 Å². The molecule has 0 bridgehead atoms. The molecule has 0 radical (unpaired) electrons. The summed E-state index contributed by atoms with van der Waals surface area (Å²) in [4.78, 5) is 12.8. The van der Waals surface area contributed by atoms with Crippen LogP contribution in [0.15, 0.2) is 77.3 Å². The second kappa shape index (κ2) is 8.82. The van der Waals surface area contributed by atoms with Gasteiger partial charge in [0.15, 0.2) is 5.78 Å². The SMILES string of the molecule is COc1ccc(C(=O)C[C@H](Nc2ccc(Br)cc2)c2ccc(F)cc2)cc1. The number of carbonyl (C=O) groups excluding carboxylic acids is 1. The molecule has 0 aliphatic rings. The number of carbonyl (C=O) groups is 1. The molecule has 0 fully saturated rings. The molecule has 3 rings (SSSR count). The number of hydrogen-bond donors (Lipinski definition) is 1. The van der Waals surface area contributed by atoms with E-state index in [4.69, 9.17) is 4.74 Å². The molecule has 0 saturated heterocycles. The van der Waals surface area contributed by atoms with E-state index in [9.17, 15) is 9.18 Å². The van der Waals surface area contributed by atoms with E-state index in [2.05, 4.69) is 21.2 Å². The van der Waals surface area contributed by atoms with Gasteiger partial charge in [0, 0.05) is 22.1 Å². The Morgan fingerprint density at radius 1 is 1.00 bits per heavy atom. The van der Waals surface area contributed by atoms with Crippen molar-refractivity contribution >= 4 is 27.4 Å². The standard InChI is InChI=1S/C22H19BrFNO2/c1-27-20-12-4-16(5-13-20)22(26)14-21(15-2-8-18(24)9-3-15)25-19-10-6-17(23)7-11-19/h2-13,21,25H,14H2,1H3/t21-/m0/s1. The predicted octanol–water partition coefficient (Wildman–Crippen LogP) is 6.02. The van der Waals surface area contributed by atoms with E-state index >= 15 is 0 Å². The van der Waals surface area contributed by atoms with Gasteiger partial charge in [0.25, 0.3) is 0 Å². The molecule has 0 saturated carbocycles. The normalized spacial score (nSPS) is 11.7. The van der Waals surface area contributed by atoms with Gasteiger partial charge in [-0.25, -0.2) is 4.39 Å². The van der Waals surface area contributed by atoms with E-state index in [1.165, 1.54) is 12.1 Å². The summed E-state index contributed by atoms with van der Waals surface area (Å²) in [6, 6.07) is 20.7. The molecule has 0 unspecified atom stereocenters. The van der Waals surface area contributed by atoms with Gasteiger partial charge >= 0.3 is 0 Å². The maximum atomic E-state index is 13.3. The van der Waals surface area contributed by atoms with Gasteiger partial charge in [0.05, 0.1) is 13.2 Å². The van der Waals surface area contributed by atoms with Crippen molar-refractivity contribution in [3.05, 3.63) is 94.2 Å². The monoisotopic (exact) mass is 427 g/mol. The zero-order chi connectivity index (χ0) is 19.2. The molecule has 27 heavy (non-hydrogen) atoms. The average molecular weight is 428 g/mol. The third-order valence-electron chi connectivity index (χ3n) is 4.26. The lowest BCUT2D eigenvalue weighted by molar-refractivity contribution is 0.0976. The highest BCUT2D eigenvalue weighted by atomic mass is 79.9. The molecule has 3 nitrogen and oxygen atoms in total. The Bertz CT molecular complexity index is 893. The summed E-state index contributed by atoms with van der Waals surface area (Å²) in [5.41, 5.74) is 2.34. The van der Waals surface area contributed by atoms with Crippen LogP contribution in [0.25, 0.3) is 0 Å². The van der Waals surface area contributed by atoms with Gasteiger partial charge in [-0.05, 0) is 66.2 Å². The van der Waals surface area contributed by atoms with Crippen molar-refractivity contribution in [2.24, 2.45) is 0 Å². The summed E-state index contributed by atoms with van der Waals surface area (Å²) < 4.78 is 19.4. The van der Waals surface area contributed by atoms with Crippen LogP contribution >= 0.6 is 15.9 Å². The van der Waals surface area contributed by atoms with Gasteiger partial charge < -0.3 is 10.1 Å². The van der Waals surface area contributed by atoms with E-state index in [1.807, 2.05) is 24.3 Å². The fraction of sp³-hybridized carbons (Fsp3) is 0.136. The summed E-state index contributed by atoms with van der Waals surface area (Å²) in [5.74, 6) is 0.397. The van der Waals surface area contributed by atoms with Crippen LogP contribution in [0, 0.1) is 5.82 Å². The van der Waals surface area contributed by atoms with Crippen LogP contribution in [0.1, 0.15) is 28.4 Å². The Morgan fingerprint density at radius 2 is 1.63 bits per heavy atom. The molecule has 5 heteroatoms. The lowest BCUT2D eigenvalue weighted by Crippen LogP contribution is -2.16. The number of anilines is 1. The van der Waals surface area contributed by atoms with E-state index in [0.717, 1.165) is 15.7 Å². The molecule has 138 valence electrons. The number of benzene rings is 3. The summed E-state index contributed by atoms with van der Waals surface area (Å²) in [7, 11) is 1.59. The van der Waals surface area contributed by atoms with Gasteiger partial charge in [-0.3, -0.25) is 4.79 Å². The van der Waals surface area contributed by atoms with Crippen LogP contribution < -0.4 is 10.1 Å². The molecule has 0 aliphatic heterocycles. The first-order valence-electron chi connectivity index (χ1n) is 8.50. The van der Waals surface area contributed by atoms with E-state index in [1.54, 1.807) is 43.5 Å². The highest BCUT2D eigenvalue weighted by Gasteiger charge is 2.18. The van der Waals surface area contributed by atoms with E-state index < -0.39 is 0 Å². The molecule has 0 amide bonds. The van der Waals surface area contributed by atoms with Crippen LogP contribution in [0.5, 0.6) is 5.75 Å². The summed E-state index contributed by atoms with van der Waals surface area (Å²) >= 11 is 3.41. The first kappa shape index (κ1) is 19.1. The number of rotatable bonds is 7. The van der Waals surface area contributed by atoms with Gasteiger partial charge in [0.1, 0.15) is 11.6 Å². The zero-order valence-corrected chi connectivity index (χ0v) is 16.4. The molecule has 0 aromatic heterocycles. The van der Waals surface area contributed by atoms with Crippen molar-refractivity contribution < 1.29 is 13.9 Å². The maximum Gasteiger partial charge on any atom is 0.165 e. The zero-order valence-electron chi connectivity index (χ0n) is 14.8. The predicted molar refractivity (Wildman–Crippen MR) is 109 cm³/mol. The lowest BCUT2D eigenvalue weighted by atomic mass is 9.97. The van der Waals surface area contributed by atoms with Crippen LogP contribution in [0.2, 0.25) is 0 Å². The second-order valence-corrected chi connectivity index (χ2v) is 7.03. The number of Topliss-reactive ketones (excluding diaryl/α,β-unsaturated/α-hetero) is 1. The molecule has 1 atom stereocenters. The number of methoxy groups -OCH3 is 1. The van der Waals surface area contributed by atoms with Crippen LogP contribution in [0.4, 0.5) is 10.1 Å². The number of ether oxygens (including phenoxy) is 1. The Balaban J connectivity index is 1.82. The number of hydrogen-bond acceptors (Lipinski definition) is 3. The first-order valence-corrected chi connectivity index (χ1v) is 9.29. The van der Waals surface area contributed by atoms with Crippen LogP contribution in [-0.2, 0) is 0 Å². The van der Waals surface area contributed by atoms with Crippen molar-refractivity contribution in [3.63, 3.8) is 0 Å². The first-order chi connectivity index (χ1) is 13.0. The molecule has 1 N–H and O–H groups in total. The van der Waals surface area contributed by atoms with Gasteiger partial charge in [-0.15, -0.1) is 0 Å². The van der Waals surface area contributed by atoms with Crippen molar-refractivity contribution in [3.8, 4) is 5.75 Å². The minimum Gasteiger partial charge on any atom is -0.497 e. The topological polar surface area (TPSA) is 38.3 Å². The summed E-state index contributed by atoms with van der Waals surface area (Å²) in [6.45, 7) is 0. The smallest absolute Gasteiger partial charge is 0.165 e. The Labute approximate surface area is 166 Å². The highest BCUT2D eigenvalue weighted by molar-refractivity contribution is 9.10. The highest BCUT2D eigenvalue weighted by Crippen LogP contribution is 2.26. The maximum absolute atomic E-state index is 13.3. The Kier molecular flexibility index (Phi) is 6.24. The molecule has 0 spiro atoms. The average Bonchev–Trinajstić information content (AvgIpc) is 2.70. The van der Waals surface area contributed by atoms with E-state index in [0.29, 0.717) is 11.3 Å². The lowest BCUT2D eigenvalue weighted by Gasteiger charge is -2.20. The minimum atomic E-state index is -0.303.